The first-order valence-corrected chi connectivity index (χ1v) is 6.38. The molecule has 0 spiro atoms. The highest BCUT2D eigenvalue weighted by Gasteiger charge is 2.30. The van der Waals surface area contributed by atoms with Crippen LogP contribution in [-0.4, -0.2) is 28.2 Å². The number of rotatable bonds is 3. The Morgan fingerprint density at radius 2 is 2.47 bits per heavy atom. The monoisotopic (exact) mass is 226 g/mol. The predicted octanol–water partition coefficient (Wildman–Crippen LogP) is 0.871. The van der Waals surface area contributed by atoms with Crippen molar-refractivity contribution in [2.75, 3.05) is 6.61 Å². The van der Waals surface area contributed by atoms with Gasteiger partial charge in [-0.1, -0.05) is 0 Å². The number of carbonyl (C=O) groups excluding carboxylic acids is 1. The van der Waals surface area contributed by atoms with E-state index in [1.807, 2.05) is 6.92 Å². The Morgan fingerprint density at radius 3 is 3.07 bits per heavy atom. The molecule has 1 heterocycles. The molecule has 0 bridgehead atoms. The van der Waals surface area contributed by atoms with E-state index in [4.69, 9.17) is 9.47 Å². The molecule has 1 aliphatic rings. The van der Waals surface area contributed by atoms with E-state index in [0.29, 0.717) is 6.61 Å². The van der Waals surface area contributed by atoms with E-state index in [1.54, 1.807) is 12.2 Å². The van der Waals surface area contributed by atoms with E-state index in [0.717, 1.165) is 29.5 Å². The summed E-state index contributed by atoms with van der Waals surface area (Å²) in [5.41, 5.74) is 2.28. The SMILES string of the molecule is CC=C=CCC(=O)OC1([SiH3])CCCCO1. The first-order valence-electron chi connectivity index (χ1n) is 5.38. The van der Waals surface area contributed by atoms with Crippen LogP contribution in [0.15, 0.2) is 17.9 Å². The highest BCUT2D eigenvalue weighted by Crippen LogP contribution is 2.23. The first-order chi connectivity index (χ1) is 7.16. The van der Waals surface area contributed by atoms with Crippen LogP contribution in [0.4, 0.5) is 0 Å². The molecule has 3 nitrogen and oxygen atoms in total. The van der Waals surface area contributed by atoms with E-state index in [-0.39, 0.29) is 12.4 Å². The van der Waals surface area contributed by atoms with Crippen molar-refractivity contribution in [3.05, 3.63) is 17.9 Å². The van der Waals surface area contributed by atoms with Gasteiger partial charge in [0.2, 0.25) is 0 Å². The molecule has 0 aliphatic carbocycles. The zero-order valence-corrected chi connectivity index (χ0v) is 11.4. The van der Waals surface area contributed by atoms with Gasteiger partial charge in [0.1, 0.15) is 0 Å². The Morgan fingerprint density at radius 1 is 1.67 bits per heavy atom. The number of ether oxygens (including phenoxy) is 2. The Kier molecular flexibility index (Phi) is 4.82. The second kappa shape index (κ2) is 5.91. The summed E-state index contributed by atoms with van der Waals surface area (Å²) in [7, 11) is 0.730. The van der Waals surface area contributed by atoms with Gasteiger partial charge >= 0.3 is 5.97 Å². The molecule has 0 N–H and O–H groups in total. The van der Waals surface area contributed by atoms with Gasteiger partial charge < -0.3 is 9.47 Å². The van der Waals surface area contributed by atoms with Crippen molar-refractivity contribution in [2.24, 2.45) is 0 Å². The fraction of sp³-hybridized carbons (Fsp3) is 0.636. The lowest BCUT2D eigenvalue weighted by Crippen LogP contribution is -2.41. The Hall–Kier alpha value is -0.833. The number of esters is 1. The number of hydrogen-bond donors (Lipinski definition) is 0. The molecule has 0 saturated carbocycles. The molecular formula is C11H18O3Si. The van der Waals surface area contributed by atoms with Crippen LogP contribution in [0.3, 0.4) is 0 Å². The van der Waals surface area contributed by atoms with Crippen LogP contribution in [0.25, 0.3) is 0 Å². The lowest BCUT2D eigenvalue weighted by molar-refractivity contribution is -0.205. The predicted molar refractivity (Wildman–Crippen MR) is 61.5 cm³/mol. The standard InChI is InChI=1S/C11H18O3Si/c1-2-3-4-7-10(12)14-11(15)8-5-6-9-13-11/h2,4H,5-9H2,1,15H3. The molecule has 0 aromatic rings. The maximum atomic E-state index is 11.4. The first kappa shape index (κ1) is 12.2. The second-order valence-electron chi connectivity index (χ2n) is 3.78. The maximum absolute atomic E-state index is 11.4. The van der Waals surface area contributed by atoms with Gasteiger partial charge in [0.15, 0.2) is 5.41 Å². The highest BCUT2D eigenvalue weighted by atomic mass is 28.1. The lowest BCUT2D eigenvalue weighted by Gasteiger charge is -2.33. The van der Waals surface area contributed by atoms with Crippen molar-refractivity contribution in [1.82, 2.24) is 0 Å². The molecule has 1 atom stereocenters. The van der Waals surface area contributed by atoms with Crippen molar-refractivity contribution in [3.8, 4) is 0 Å². The molecule has 1 saturated heterocycles. The molecule has 84 valence electrons. The Balaban J connectivity index is 2.38. The van der Waals surface area contributed by atoms with Gasteiger partial charge in [-0.15, -0.1) is 5.73 Å². The van der Waals surface area contributed by atoms with Crippen molar-refractivity contribution in [1.29, 1.82) is 0 Å². The highest BCUT2D eigenvalue weighted by molar-refractivity contribution is 6.14. The normalized spacial score (nSPS) is 25.4. The molecule has 1 unspecified atom stereocenters. The van der Waals surface area contributed by atoms with E-state index in [2.05, 4.69) is 5.73 Å². The summed E-state index contributed by atoms with van der Waals surface area (Å²) < 4.78 is 10.9. The summed E-state index contributed by atoms with van der Waals surface area (Å²) in [5, 5.41) is 0. The third-order valence-electron chi connectivity index (χ3n) is 2.32. The minimum atomic E-state index is -0.570. The van der Waals surface area contributed by atoms with Crippen molar-refractivity contribution >= 4 is 16.2 Å². The van der Waals surface area contributed by atoms with Crippen LogP contribution in [0.5, 0.6) is 0 Å². The van der Waals surface area contributed by atoms with E-state index in [1.165, 1.54) is 0 Å². The van der Waals surface area contributed by atoms with Crippen LogP contribution in [0.1, 0.15) is 32.6 Å². The average molecular weight is 226 g/mol. The summed E-state index contributed by atoms with van der Waals surface area (Å²) in [6.45, 7) is 2.57. The summed E-state index contributed by atoms with van der Waals surface area (Å²) in [6.07, 6.45) is 6.72. The molecule has 0 amide bonds. The van der Waals surface area contributed by atoms with Gasteiger partial charge in [0.25, 0.3) is 0 Å². The van der Waals surface area contributed by atoms with Gasteiger partial charge in [-0.3, -0.25) is 4.79 Å². The fourth-order valence-corrected chi connectivity index (χ4v) is 2.32. The molecule has 1 aliphatic heterocycles. The molecule has 0 aromatic heterocycles. The summed E-state index contributed by atoms with van der Waals surface area (Å²) in [6, 6.07) is 0. The van der Waals surface area contributed by atoms with Crippen molar-refractivity contribution in [3.63, 3.8) is 0 Å². The fourth-order valence-electron chi connectivity index (χ4n) is 1.53. The average Bonchev–Trinajstić information content (AvgIpc) is 2.18. The van der Waals surface area contributed by atoms with E-state index < -0.39 is 5.41 Å². The summed E-state index contributed by atoms with van der Waals surface area (Å²) in [5.74, 6) is -0.221. The molecule has 0 aromatic carbocycles. The topological polar surface area (TPSA) is 35.5 Å². The number of carbonyl (C=O) groups is 1. The van der Waals surface area contributed by atoms with Crippen LogP contribution in [0.2, 0.25) is 0 Å². The number of hydrogen-bond acceptors (Lipinski definition) is 3. The van der Waals surface area contributed by atoms with Crippen LogP contribution in [-0.2, 0) is 14.3 Å². The third kappa shape index (κ3) is 4.47. The molecule has 1 fully saturated rings. The molecule has 4 heteroatoms. The Bertz CT molecular complexity index is 274. The van der Waals surface area contributed by atoms with Gasteiger partial charge in [-0.2, -0.15) is 0 Å². The van der Waals surface area contributed by atoms with Gasteiger partial charge in [-0.25, -0.2) is 0 Å². The van der Waals surface area contributed by atoms with Gasteiger partial charge in [0.05, 0.1) is 23.3 Å². The quantitative estimate of drug-likeness (QED) is 0.407. The van der Waals surface area contributed by atoms with Gasteiger partial charge in [0, 0.05) is 6.42 Å². The third-order valence-corrected chi connectivity index (χ3v) is 3.31. The zero-order valence-electron chi connectivity index (χ0n) is 9.41. The molecule has 1 rings (SSSR count). The molecule has 15 heavy (non-hydrogen) atoms. The van der Waals surface area contributed by atoms with Gasteiger partial charge in [-0.05, 0) is 31.9 Å². The zero-order chi connectivity index (χ0) is 11.1. The minimum Gasteiger partial charge on any atom is -0.438 e. The molecule has 0 radical (unpaired) electrons. The summed E-state index contributed by atoms with van der Waals surface area (Å²) >= 11 is 0. The minimum absolute atomic E-state index is 0.221. The largest absolute Gasteiger partial charge is 0.438 e. The Labute approximate surface area is 93.6 Å². The van der Waals surface area contributed by atoms with Crippen LogP contribution in [0, 0.1) is 0 Å². The lowest BCUT2D eigenvalue weighted by atomic mass is 10.2. The van der Waals surface area contributed by atoms with Crippen molar-refractivity contribution < 1.29 is 14.3 Å². The van der Waals surface area contributed by atoms with Crippen molar-refractivity contribution in [2.45, 2.75) is 38.0 Å². The second-order valence-corrected chi connectivity index (χ2v) is 5.30. The maximum Gasteiger partial charge on any atom is 0.312 e. The van der Waals surface area contributed by atoms with E-state index >= 15 is 0 Å². The smallest absolute Gasteiger partial charge is 0.312 e. The van der Waals surface area contributed by atoms with Crippen LogP contribution >= 0.6 is 0 Å². The van der Waals surface area contributed by atoms with E-state index in [9.17, 15) is 4.79 Å². The van der Waals surface area contributed by atoms with Crippen LogP contribution < -0.4 is 0 Å². The summed E-state index contributed by atoms with van der Waals surface area (Å²) in [4.78, 5) is 11.4. The molecular weight excluding hydrogens is 208 g/mol.